The van der Waals surface area contributed by atoms with Gasteiger partial charge in [0.25, 0.3) is 0 Å². The van der Waals surface area contributed by atoms with E-state index in [-0.39, 0.29) is 18.6 Å². The summed E-state index contributed by atoms with van der Waals surface area (Å²) in [7, 11) is 0. The average Bonchev–Trinajstić information content (AvgIpc) is 2.84. The van der Waals surface area contributed by atoms with Crippen LogP contribution in [-0.4, -0.2) is 53.2 Å². The summed E-state index contributed by atoms with van der Waals surface area (Å²) in [6.07, 6.45) is 3.79. The van der Waals surface area contributed by atoms with Crippen molar-refractivity contribution in [3.05, 3.63) is 16.1 Å². The molecule has 1 aromatic rings. The first-order valence-corrected chi connectivity index (χ1v) is 8.09. The highest BCUT2D eigenvalue weighted by Crippen LogP contribution is 2.15. The van der Waals surface area contributed by atoms with E-state index in [1.165, 1.54) is 12.8 Å². The van der Waals surface area contributed by atoms with Gasteiger partial charge in [0.1, 0.15) is 0 Å². The van der Waals surface area contributed by atoms with Gasteiger partial charge in [0.2, 0.25) is 5.91 Å². The molecule has 1 atom stereocenters. The van der Waals surface area contributed by atoms with Gasteiger partial charge in [-0.05, 0) is 26.3 Å². The van der Waals surface area contributed by atoms with Crippen molar-refractivity contribution in [2.24, 2.45) is 0 Å². The maximum atomic E-state index is 11.8. The second-order valence-electron chi connectivity index (χ2n) is 5.25. The minimum atomic E-state index is 0.0212. The van der Waals surface area contributed by atoms with E-state index < -0.39 is 0 Å². The zero-order valence-corrected chi connectivity index (χ0v) is 12.8. The fraction of sp³-hybridized carbons (Fsp3) is 0.714. The summed E-state index contributed by atoms with van der Waals surface area (Å²) < 4.78 is 0. The first-order chi connectivity index (χ1) is 9.69. The van der Waals surface area contributed by atoms with Crippen molar-refractivity contribution in [1.82, 2.24) is 15.2 Å². The van der Waals surface area contributed by atoms with Gasteiger partial charge in [0.05, 0.1) is 23.7 Å². The van der Waals surface area contributed by atoms with Gasteiger partial charge in [0, 0.05) is 24.5 Å². The fourth-order valence-corrected chi connectivity index (χ4v) is 3.23. The molecule has 0 unspecified atom stereocenters. The molecule has 20 heavy (non-hydrogen) atoms. The van der Waals surface area contributed by atoms with E-state index in [4.69, 9.17) is 0 Å². The molecule has 6 heteroatoms. The Hall–Kier alpha value is -0.980. The zero-order chi connectivity index (χ0) is 14.4. The van der Waals surface area contributed by atoms with Crippen LogP contribution in [0.15, 0.2) is 5.38 Å². The molecular weight excluding hydrogens is 274 g/mol. The van der Waals surface area contributed by atoms with E-state index in [9.17, 15) is 9.90 Å². The molecule has 0 radical (unpaired) electrons. The Balaban J connectivity index is 1.68. The van der Waals surface area contributed by atoms with Crippen molar-refractivity contribution < 1.29 is 9.90 Å². The Bertz CT molecular complexity index is 436. The van der Waals surface area contributed by atoms with Gasteiger partial charge in [0.15, 0.2) is 0 Å². The molecule has 1 fully saturated rings. The molecule has 5 nitrogen and oxygen atoms in total. The van der Waals surface area contributed by atoms with Crippen LogP contribution in [0.1, 0.15) is 30.0 Å². The molecule has 0 aliphatic carbocycles. The van der Waals surface area contributed by atoms with Gasteiger partial charge in [-0.3, -0.25) is 9.69 Å². The number of carbonyl (C=O) groups is 1. The Morgan fingerprint density at radius 1 is 1.60 bits per heavy atom. The third-order valence-electron chi connectivity index (χ3n) is 3.69. The standard InChI is InChI=1S/C14H23N3O2S/c1-11-16-12(10-20-11)8-14(19)15-5-7-17-6-3-2-4-13(17)9-18/h10,13,18H,2-9H2,1H3,(H,15,19)/t13-/m1/s1. The number of likely N-dealkylation sites (tertiary alicyclic amines) is 1. The summed E-state index contributed by atoms with van der Waals surface area (Å²) in [5, 5.41) is 15.2. The van der Waals surface area contributed by atoms with E-state index in [0.717, 1.165) is 30.2 Å². The van der Waals surface area contributed by atoms with E-state index in [1.807, 2.05) is 12.3 Å². The monoisotopic (exact) mass is 297 g/mol. The Labute approximate surface area is 124 Å². The van der Waals surface area contributed by atoms with Gasteiger partial charge in [-0.2, -0.15) is 0 Å². The number of nitrogens with one attached hydrogen (secondary N) is 1. The third kappa shape index (κ3) is 4.54. The lowest BCUT2D eigenvalue weighted by Crippen LogP contribution is -2.45. The highest BCUT2D eigenvalue weighted by atomic mass is 32.1. The van der Waals surface area contributed by atoms with E-state index in [2.05, 4.69) is 15.2 Å². The van der Waals surface area contributed by atoms with Crippen LogP contribution >= 0.6 is 11.3 Å². The number of thiazole rings is 1. The lowest BCUT2D eigenvalue weighted by atomic mass is 10.0. The van der Waals surface area contributed by atoms with E-state index >= 15 is 0 Å². The summed E-state index contributed by atoms with van der Waals surface area (Å²) in [6, 6.07) is 0.266. The summed E-state index contributed by atoms with van der Waals surface area (Å²) in [6.45, 7) is 4.63. The Morgan fingerprint density at radius 2 is 2.45 bits per heavy atom. The average molecular weight is 297 g/mol. The normalized spacial score (nSPS) is 20.0. The molecule has 1 amide bonds. The predicted octanol–water partition coefficient (Wildman–Crippen LogP) is 0.957. The molecule has 1 aliphatic rings. The lowest BCUT2D eigenvalue weighted by Gasteiger charge is -2.34. The fourth-order valence-electron chi connectivity index (χ4n) is 2.62. The van der Waals surface area contributed by atoms with Gasteiger partial charge in [-0.15, -0.1) is 11.3 Å². The van der Waals surface area contributed by atoms with Gasteiger partial charge in [-0.25, -0.2) is 4.98 Å². The van der Waals surface area contributed by atoms with Gasteiger partial charge >= 0.3 is 0 Å². The Morgan fingerprint density at radius 3 is 3.15 bits per heavy atom. The van der Waals surface area contributed by atoms with Crippen molar-refractivity contribution in [2.75, 3.05) is 26.2 Å². The van der Waals surface area contributed by atoms with Crippen LogP contribution in [0.5, 0.6) is 0 Å². The molecular formula is C14H23N3O2S. The van der Waals surface area contributed by atoms with Crippen molar-refractivity contribution in [2.45, 2.75) is 38.6 Å². The number of hydrogen-bond donors (Lipinski definition) is 2. The summed E-state index contributed by atoms with van der Waals surface area (Å²) >= 11 is 1.57. The third-order valence-corrected chi connectivity index (χ3v) is 4.51. The predicted molar refractivity (Wildman–Crippen MR) is 79.9 cm³/mol. The molecule has 0 bridgehead atoms. The number of carbonyl (C=O) groups excluding carboxylic acids is 1. The summed E-state index contributed by atoms with van der Waals surface area (Å²) in [4.78, 5) is 18.4. The molecule has 112 valence electrons. The number of aliphatic hydroxyl groups is 1. The highest BCUT2D eigenvalue weighted by molar-refractivity contribution is 7.09. The van der Waals surface area contributed by atoms with E-state index in [1.54, 1.807) is 11.3 Å². The second kappa shape index (κ2) is 7.71. The quantitative estimate of drug-likeness (QED) is 0.821. The van der Waals surface area contributed by atoms with Crippen molar-refractivity contribution >= 4 is 17.2 Å². The van der Waals surface area contributed by atoms with Crippen molar-refractivity contribution in [1.29, 1.82) is 0 Å². The number of hydrogen-bond acceptors (Lipinski definition) is 5. The van der Waals surface area contributed by atoms with Crippen molar-refractivity contribution in [3.63, 3.8) is 0 Å². The number of aromatic nitrogens is 1. The number of aliphatic hydroxyl groups excluding tert-OH is 1. The number of piperidine rings is 1. The minimum absolute atomic E-state index is 0.0212. The molecule has 2 heterocycles. The van der Waals surface area contributed by atoms with Crippen LogP contribution in [0.25, 0.3) is 0 Å². The molecule has 0 aromatic carbocycles. The molecule has 1 aromatic heterocycles. The van der Waals surface area contributed by atoms with E-state index in [0.29, 0.717) is 13.0 Å². The first-order valence-electron chi connectivity index (χ1n) is 7.21. The minimum Gasteiger partial charge on any atom is -0.395 e. The number of nitrogens with zero attached hydrogens (tertiary/aromatic N) is 2. The van der Waals surface area contributed by atoms with Crippen LogP contribution in [0.2, 0.25) is 0 Å². The molecule has 0 spiro atoms. The number of aryl methyl sites for hydroxylation is 1. The smallest absolute Gasteiger partial charge is 0.226 e. The van der Waals surface area contributed by atoms with Crippen LogP contribution in [-0.2, 0) is 11.2 Å². The maximum Gasteiger partial charge on any atom is 0.226 e. The number of rotatable bonds is 6. The number of amides is 1. The Kier molecular flexibility index (Phi) is 5.94. The van der Waals surface area contributed by atoms with Crippen LogP contribution in [0.4, 0.5) is 0 Å². The van der Waals surface area contributed by atoms with Crippen LogP contribution in [0.3, 0.4) is 0 Å². The van der Waals surface area contributed by atoms with Crippen LogP contribution in [0, 0.1) is 6.92 Å². The van der Waals surface area contributed by atoms with Gasteiger partial charge < -0.3 is 10.4 Å². The second-order valence-corrected chi connectivity index (χ2v) is 6.31. The molecule has 1 aliphatic heterocycles. The van der Waals surface area contributed by atoms with Crippen molar-refractivity contribution in [3.8, 4) is 0 Å². The molecule has 2 N–H and O–H groups in total. The zero-order valence-electron chi connectivity index (χ0n) is 12.0. The first kappa shape index (κ1) is 15.4. The van der Waals surface area contributed by atoms with Gasteiger partial charge in [-0.1, -0.05) is 6.42 Å². The SMILES string of the molecule is Cc1nc(CC(=O)NCCN2CCCC[C@@H]2CO)cs1. The largest absolute Gasteiger partial charge is 0.395 e. The topological polar surface area (TPSA) is 65.5 Å². The molecule has 0 saturated carbocycles. The molecule has 1 saturated heterocycles. The highest BCUT2D eigenvalue weighted by Gasteiger charge is 2.21. The summed E-state index contributed by atoms with van der Waals surface area (Å²) in [5.74, 6) is 0.0212. The maximum absolute atomic E-state index is 11.8. The lowest BCUT2D eigenvalue weighted by molar-refractivity contribution is -0.120. The van der Waals surface area contributed by atoms with Crippen LogP contribution < -0.4 is 5.32 Å². The summed E-state index contributed by atoms with van der Waals surface area (Å²) in [5.41, 5.74) is 0.844. The molecule has 2 rings (SSSR count).